The van der Waals surface area contributed by atoms with Crippen LogP contribution in [0, 0.1) is 6.20 Å². The number of aromatic amines is 1. The van der Waals surface area contributed by atoms with E-state index in [1.54, 1.807) is 6.20 Å². The Labute approximate surface area is 73.6 Å². The molecule has 0 atom stereocenters. The van der Waals surface area contributed by atoms with Gasteiger partial charge in [-0.05, 0) is 12.1 Å². The lowest BCUT2D eigenvalue weighted by Crippen LogP contribution is -1.80. The van der Waals surface area contributed by atoms with Crippen molar-refractivity contribution in [2.24, 2.45) is 0 Å². The fourth-order valence-corrected chi connectivity index (χ4v) is 1.37. The third-order valence-electron chi connectivity index (χ3n) is 2.00. The summed E-state index contributed by atoms with van der Waals surface area (Å²) in [5.74, 6) is 0. The van der Waals surface area contributed by atoms with Gasteiger partial charge in [0.05, 0.1) is 17.2 Å². The Balaban J connectivity index is 2.57. The molecule has 0 amide bonds. The van der Waals surface area contributed by atoms with Crippen molar-refractivity contribution in [2.45, 2.75) is 0 Å². The van der Waals surface area contributed by atoms with Gasteiger partial charge in [0.2, 0.25) is 0 Å². The van der Waals surface area contributed by atoms with Gasteiger partial charge in [-0.1, -0.05) is 0 Å². The summed E-state index contributed by atoms with van der Waals surface area (Å²) in [5.41, 5.74) is 1.88. The van der Waals surface area contributed by atoms with Gasteiger partial charge >= 0.3 is 0 Å². The Bertz CT molecular complexity index is 520. The third kappa shape index (κ3) is 0.885. The van der Waals surface area contributed by atoms with Gasteiger partial charge < -0.3 is 0 Å². The second-order valence-electron chi connectivity index (χ2n) is 2.81. The molecule has 3 aromatic rings. The molecular formula is C9H5N4. The van der Waals surface area contributed by atoms with E-state index in [9.17, 15) is 0 Å². The van der Waals surface area contributed by atoms with E-state index in [1.165, 1.54) is 6.33 Å². The highest BCUT2D eigenvalue weighted by atomic mass is 15.1. The number of fused-ring (bicyclic) bond motifs is 2. The minimum absolute atomic E-state index is 0.893. The van der Waals surface area contributed by atoms with Gasteiger partial charge in [0, 0.05) is 10.8 Å². The van der Waals surface area contributed by atoms with Crippen molar-refractivity contribution in [3.63, 3.8) is 0 Å². The number of rotatable bonds is 0. The van der Waals surface area contributed by atoms with Crippen molar-refractivity contribution in [3.8, 4) is 0 Å². The van der Waals surface area contributed by atoms with Crippen molar-refractivity contribution in [1.82, 2.24) is 20.2 Å². The van der Waals surface area contributed by atoms with E-state index in [0.717, 1.165) is 21.8 Å². The molecule has 2 heterocycles. The average molecular weight is 169 g/mol. The molecule has 0 aliphatic carbocycles. The van der Waals surface area contributed by atoms with Crippen LogP contribution in [0.2, 0.25) is 0 Å². The van der Waals surface area contributed by atoms with Crippen LogP contribution in [0.5, 0.6) is 0 Å². The first kappa shape index (κ1) is 6.54. The summed E-state index contributed by atoms with van der Waals surface area (Å²) in [5, 5.41) is 8.78. The summed E-state index contributed by atoms with van der Waals surface area (Å²) < 4.78 is 0. The summed E-state index contributed by atoms with van der Waals surface area (Å²) >= 11 is 0. The zero-order valence-corrected chi connectivity index (χ0v) is 6.65. The molecule has 1 radical (unpaired) electrons. The summed E-state index contributed by atoms with van der Waals surface area (Å²) in [6.45, 7) is 0. The Morgan fingerprint density at radius 2 is 2.31 bits per heavy atom. The van der Waals surface area contributed by atoms with E-state index in [2.05, 4.69) is 26.4 Å². The average Bonchev–Trinajstić information content (AvgIpc) is 2.61. The van der Waals surface area contributed by atoms with Gasteiger partial charge in [-0.25, -0.2) is 9.97 Å². The van der Waals surface area contributed by atoms with Crippen LogP contribution >= 0.6 is 0 Å². The lowest BCUT2D eigenvalue weighted by Gasteiger charge is -1.93. The predicted molar refractivity (Wildman–Crippen MR) is 48.0 cm³/mol. The molecule has 61 valence electrons. The molecule has 0 saturated heterocycles. The first-order valence-electron chi connectivity index (χ1n) is 3.89. The highest BCUT2D eigenvalue weighted by molar-refractivity contribution is 5.93. The standard InChI is InChI=1S/C9H5N4/c1-7-4-12-13-9(7)2-6-3-10-5-11-8(1)6/h1-2,4-5H,(H,12,13). The molecule has 0 unspecified atom stereocenters. The second kappa shape index (κ2) is 2.26. The predicted octanol–water partition coefficient (Wildman–Crippen LogP) is 1.31. The van der Waals surface area contributed by atoms with Crippen molar-refractivity contribution in [1.29, 1.82) is 0 Å². The van der Waals surface area contributed by atoms with Crippen LogP contribution in [0.4, 0.5) is 0 Å². The fraction of sp³-hybridized carbons (Fsp3) is 0. The molecule has 13 heavy (non-hydrogen) atoms. The maximum Gasteiger partial charge on any atom is 0.116 e. The van der Waals surface area contributed by atoms with E-state index in [-0.39, 0.29) is 0 Å². The Kier molecular flexibility index (Phi) is 1.14. The summed E-state index contributed by atoms with van der Waals surface area (Å²) in [6, 6.07) is 3.91. The number of aromatic nitrogens is 4. The zero-order valence-electron chi connectivity index (χ0n) is 6.65. The van der Waals surface area contributed by atoms with Gasteiger partial charge in [0.1, 0.15) is 12.5 Å². The van der Waals surface area contributed by atoms with E-state index in [4.69, 9.17) is 0 Å². The lowest BCUT2D eigenvalue weighted by molar-refractivity contribution is 1.12. The molecule has 0 bridgehead atoms. The van der Waals surface area contributed by atoms with Crippen molar-refractivity contribution >= 4 is 21.8 Å². The molecular weight excluding hydrogens is 164 g/mol. The SMILES string of the molecule is [c]1ncnc2cc3cn[nH]c3cc12. The van der Waals surface area contributed by atoms with E-state index >= 15 is 0 Å². The monoisotopic (exact) mass is 169 g/mol. The molecule has 0 aliphatic heterocycles. The van der Waals surface area contributed by atoms with E-state index < -0.39 is 0 Å². The number of benzene rings is 1. The smallest absolute Gasteiger partial charge is 0.116 e. The van der Waals surface area contributed by atoms with Gasteiger partial charge in [-0.15, -0.1) is 0 Å². The summed E-state index contributed by atoms with van der Waals surface area (Å²) in [7, 11) is 0. The molecule has 0 fully saturated rings. The van der Waals surface area contributed by atoms with Crippen molar-refractivity contribution < 1.29 is 0 Å². The molecule has 4 nitrogen and oxygen atoms in total. The topological polar surface area (TPSA) is 54.5 Å². The summed E-state index contributed by atoms with van der Waals surface area (Å²) in [4.78, 5) is 7.96. The van der Waals surface area contributed by atoms with Crippen LogP contribution in [0.15, 0.2) is 24.7 Å². The quantitative estimate of drug-likeness (QED) is 0.552. The number of hydrogen-bond donors (Lipinski definition) is 1. The van der Waals surface area contributed by atoms with Crippen molar-refractivity contribution in [2.75, 3.05) is 0 Å². The number of nitrogens with one attached hydrogen (secondary N) is 1. The first-order valence-corrected chi connectivity index (χ1v) is 3.89. The normalized spacial score (nSPS) is 11.1. The molecule has 1 N–H and O–H groups in total. The maximum atomic E-state index is 4.13. The third-order valence-corrected chi connectivity index (χ3v) is 2.00. The zero-order chi connectivity index (χ0) is 8.67. The fourth-order valence-electron chi connectivity index (χ4n) is 1.37. The van der Waals surface area contributed by atoms with Crippen LogP contribution < -0.4 is 0 Å². The van der Waals surface area contributed by atoms with Gasteiger partial charge in [0.25, 0.3) is 0 Å². The minimum atomic E-state index is 0.893. The van der Waals surface area contributed by atoms with Gasteiger partial charge in [0.15, 0.2) is 0 Å². The first-order chi connectivity index (χ1) is 6.43. The second-order valence-corrected chi connectivity index (χ2v) is 2.81. The maximum absolute atomic E-state index is 4.13. The Hall–Kier alpha value is -1.97. The van der Waals surface area contributed by atoms with Crippen molar-refractivity contribution in [3.05, 3.63) is 30.9 Å². The molecule has 4 heteroatoms. The Morgan fingerprint density at radius 3 is 3.31 bits per heavy atom. The largest absolute Gasteiger partial charge is 0.278 e. The molecule has 0 saturated carbocycles. The molecule has 0 spiro atoms. The highest BCUT2D eigenvalue weighted by Gasteiger charge is 1.99. The molecule has 3 rings (SSSR count). The summed E-state index contributed by atoms with van der Waals surface area (Å²) in [6.07, 6.45) is 6.14. The molecule has 0 aliphatic rings. The van der Waals surface area contributed by atoms with Gasteiger partial charge in [-0.3, -0.25) is 5.10 Å². The lowest BCUT2D eigenvalue weighted by atomic mass is 10.2. The molecule has 2 aromatic heterocycles. The van der Waals surface area contributed by atoms with Crippen LogP contribution in [0.1, 0.15) is 0 Å². The number of hydrogen-bond acceptors (Lipinski definition) is 3. The van der Waals surface area contributed by atoms with E-state index in [1.807, 2.05) is 12.1 Å². The van der Waals surface area contributed by atoms with Crippen LogP contribution in [-0.2, 0) is 0 Å². The van der Waals surface area contributed by atoms with Crippen LogP contribution in [0.3, 0.4) is 0 Å². The highest BCUT2D eigenvalue weighted by Crippen LogP contribution is 2.17. The molecule has 1 aromatic carbocycles. The minimum Gasteiger partial charge on any atom is -0.278 e. The van der Waals surface area contributed by atoms with Crippen LogP contribution in [0.25, 0.3) is 21.8 Å². The van der Waals surface area contributed by atoms with Crippen LogP contribution in [-0.4, -0.2) is 20.2 Å². The number of H-pyrrole nitrogens is 1. The van der Waals surface area contributed by atoms with E-state index in [0.29, 0.717) is 0 Å². The Morgan fingerprint density at radius 1 is 1.31 bits per heavy atom. The van der Waals surface area contributed by atoms with Gasteiger partial charge in [-0.2, -0.15) is 5.10 Å². The number of nitrogens with zero attached hydrogens (tertiary/aromatic N) is 3.